The van der Waals surface area contributed by atoms with Crippen LogP contribution in [-0.2, 0) is 0 Å². The number of rotatable bonds is 5. The first kappa shape index (κ1) is 9.92. The van der Waals surface area contributed by atoms with Gasteiger partial charge in [0.2, 0.25) is 0 Å². The average molecular weight is 144 g/mol. The van der Waals surface area contributed by atoms with Crippen LogP contribution in [0.5, 0.6) is 0 Å². The normalized spacial score (nSPS) is 14.1. The minimum atomic E-state index is 0.364. The molecule has 0 aromatic rings. The second kappa shape index (κ2) is 5.69. The summed E-state index contributed by atoms with van der Waals surface area (Å²) in [6.45, 7) is 5.16. The van der Waals surface area contributed by atoms with Crippen LogP contribution in [0.25, 0.3) is 0 Å². The van der Waals surface area contributed by atoms with Crippen LogP contribution in [0.4, 0.5) is 0 Å². The van der Waals surface area contributed by atoms with Crippen LogP contribution in [0, 0.1) is 5.92 Å². The van der Waals surface area contributed by atoms with E-state index < -0.39 is 0 Å². The van der Waals surface area contributed by atoms with Crippen molar-refractivity contribution in [2.45, 2.75) is 39.2 Å². The summed E-state index contributed by atoms with van der Waals surface area (Å²) in [7, 11) is 0. The van der Waals surface area contributed by atoms with E-state index in [1.165, 1.54) is 0 Å². The molecule has 0 unspecified atom stereocenters. The Bertz CT molecular complexity index is 71.7. The smallest absolute Gasteiger partial charge is 0.00417 e. The Hall–Kier alpha value is -0.0800. The Kier molecular flexibility index (Phi) is 5.64. The molecule has 0 saturated heterocycles. The van der Waals surface area contributed by atoms with E-state index in [0.717, 1.165) is 25.8 Å². The van der Waals surface area contributed by atoms with Crippen LogP contribution >= 0.6 is 0 Å². The zero-order valence-electron chi connectivity index (χ0n) is 7.14. The molecule has 10 heavy (non-hydrogen) atoms. The van der Waals surface area contributed by atoms with Crippen LogP contribution < -0.4 is 11.5 Å². The minimum absolute atomic E-state index is 0.364. The van der Waals surface area contributed by atoms with E-state index in [9.17, 15) is 0 Å². The molecule has 0 aromatic carbocycles. The van der Waals surface area contributed by atoms with Crippen molar-refractivity contribution in [3.8, 4) is 0 Å². The van der Waals surface area contributed by atoms with Gasteiger partial charge in [0.05, 0.1) is 0 Å². The maximum atomic E-state index is 5.81. The Morgan fingerprint density at radius 1 is 1.30 bits per heavy atom. The monoisotopic (exact) mass is 144 g/mol. The SMILES string of the molecule is CC(C)C[C@@H](N)CCCN. The molecule has 1 atom stereocenters. The summed E-state index contributed by atoms with van der Waals surface area (Å²) in [5.74, 6) is 0.716. The molecule has 0 bridgehead atoms. The first-order valence-electron chi connectivity index (χ1n) is 4.12. The fourth-order valence-electron chi connectivity index (χ4n) is 1.10. The third-order valence-corrected chi connectivity index (χ3v) is 1.55. The van der Waals surface area contributed by atoms with Gasteiger partial charge in [0.15, 0.2) is 0 Å². The third kappa shape index (κ3) is 6.05. The molecule has 0 aliphatic heterocycles. The van der Waals surface area contributed by atoms with Crippen molar-refractivity contribution < 1.29 is 0 Å². The molecule has 4 N–H and O–H groups in total. The largest absolute Gasteiger partial charge is 0.330 e. The van der Waals surface area contributed by atoms with Gasteiger partial charge in [0.25, 0.3) is 0 Å². The Morgan fingerprint density at radius 2 is 1.90 bits per heavy atom. The average Bonchev–Trinajstić information content (AvgIpc) is 1.82. The topological polar surface area (TPSA) is 52.0 Å². The molecule has 0 spiro atoms. The lowest BCUT2D eigenvalue weighted by Gasteiger charge is -2.12. The van der Waals surface area contributed by atoms with Crippen LogP contribution in [0.15, 0.2) is 0 Å². The zero-order valence-corrected chi connectivity index (χ0v) is 7.14. The molecule has 0 radical (unpaired) electrons. The van der Waals surface area contributed by atoms with Crippen molar-refractivity contribution in [2.75, 3.05) is 6.54 Å². The van der Waals surface area contributed by atoms with Crippen molar-refractivity contribution >= 4 is 0 Å². The molecular formula is C8H20N2. The summed E-state index contributed by atoms with van der Waals surface area (Å²) in [4.78, 5) is 0. The molecule has 0 aromatic heterocycles. The molecular weight excluding hydrogens is 124 g/mol. The van der Waals surface area contributed by atoms with E-state index >= 15 is 0 Å². The maximum absolute atomic E-state index is 5.81. The maximum Gasteiger partial charge on any atom is 0.00417 e. The van der Waals surface area contributed by atoms with E-state index in [-0.39, 0.29) is 0 Å². The van der Waals surface area contributed by atoms with Gasteiger partial charge < -0.3 is 11.5 Å². The van der Waals surface area contributed by atoms with Crippen LogP contribution in [0.2, 0.25) is 0 Å². The summed E-state index contributed by atoms with van der Waals surface area (Å²) < 4.78 is 0. The summed E-state index contributed by atoms with van der Waals surface area (Å²) >= 11 is 0. The molecule has 0 rings (SSSR count). The van der Waals surface area contributed by atoms with E-state index in [1.54, 1.807) is 0 Å². The second-order valence-corrected chi connectivity index (χ2v) is 3.32. The quantitative estimate of drug-likeness (QED) is 0.607. The van der Waals surface area contributed by atoms with Gasteiger partial charge in [0.1, 0.15) is 0 Å². The summed E-state index contributed by atoms with van der Waals surface area (Å²) in [5, 5.41) is 0. The van der Waals surface area contributed by atoms with Gasteiger partial charge in [-0.05, 0) is 31.7 Å². The summed E-state index contributed by atoms with van der Waals surface area (Å²) in [5.41, 5.74) is 11.2. The molecule has 0 fully saturated rings. The molecule has 62 valence electrons. The van der Waals surface area contributed by atoms with E-state index in [0.29, 0.717) is 12.0 Å². The summed E-state index contributed by atoms with van der Waals surface area (Å²) in [6.07, 6.45) is 3.27. The standard InChI is InChI=1S/C8H20N2/c1-7(2)6-8(10)4-3-5-9/h7-8H,3-6,9-10H2,1-2H3/t8-/m0/s1. The predicted molar refractivity (Wildman–Crippen MR) is 45.7 cm³/mol. The molecule has 2 heteroatoms. The minimum Gasteiger partial charge on any atom is -0.330 e. The molecule has 0 saturated carbocycles. The predicted octanol–water partition coefficient (Wildman–Crippen LogP) is 1.10. The first-order chi connectivity index (χ1) is 4.66. The fourth-order valence-corrected chi connectivity index (χ4v) is 1.10. The van der Waals surface area contributed by atoms with Crippen LogP contribution in [0.1, 0.15) is 33.1 Å². The van der Waals surface area contributed by atoms with Gasteiger partial charge in [0, 0.05) is 6.04 Å². The van der Waals surface area contributed by atoms with E-state index in [4.69, 9.17) is 11.5 Å². The van der Waals surface area contributed by atoms with Crippen LogP contribution in [0.3, 0.4) is 0 Å². The van der Waals surface area contributed by atoms with Crippen molar-refractivity contribution in [1.82, 2.24) is 0 Å². The lowest BCUT2D eigenvalue weighted by molar-refractivity contribution is 0.465. The summed E-state index contributed by atoms with van der Waals surface area (Å²) in [6, 6.07) is 0.364. The van der Waals surface area contributed by atoms with E-state index in [2.05, 4.69) is 13.8 Å². The number of hydrogen-bond acceptors (Lipinski definition) is 2. The molecule has 0 heterocycles. The highest BCUT2D eigenvalue weighted by atomic mass is 14.6. The van der Waals surface area contributed by atoms with Gasteiger partial charge in [-0.3, -0.25) is 0 Å². The van der Waals surface area contributed by atoms with Gasteiger partial charge in [-0.25, -0.2) is 0 Å². The van der Waals surface area contributed by atoms with Crippen molar-refractivity contribution in [1.29, 1.82) is 0 Å². The van der Waals surface area contributed by atoms with Gasteiger partial charge in [-0.15, -0.1) is 0 Å². The van der Waals surface area contributed by atoms with Gasteiger partial charge in [-0.1, -0.05) is 13.8 Å². The Morgan fingerprint density at radius 3 is 2.30 bits per heavy atom. The first-order valence-corrected chi connectivity index (χ1v) is 4.12. The third-order valence-electron chi connectivity index (χ3n) is 1.55. The number of nitrogens with two attached hydrogens (primary N) is 2. The lowest BCUT2D eigenvalue weighted by Crippen LogP contribution is -2.22. The molecule has 2 nitrogen and oxygen atoms in total. The Balaban J connectivity index is 3.16. The zero-order chi connectivity index (χ0) is 7.98. The van der Waals surface area contributed by atoms with E-state index in [1.807, 2.05) is 0 Å². The second-order valence-electron chi connectivity index (χ2n) is 3.32. The highest BCUT2D eigenvalue weighted by Crippen LogP contribution is 2.06. The van der Waals surface area contributed by atoms with Crippen molar-refractivity contribution in [3.63, 3.8) is 0 Å². The van der Waals surface area contributed by atoms with Gasteiger partial charge in [-0.2, -0.15) is 0 Å². The number of hydrogen-bond donors (Lipinski definition) is 2. The Labute approximate surface area is 64.0 Å². The lowest BCUT2D eigenvalue weighted by atomic mass is 10.0. The molecule has 0 aliphatic carbocycles. The highest BCUT2D eigenvalue weighted by molar-refractivity contribution is 4.63. The molecule has 0 amide bonds. The molecule has 0 aliphatic rings. The van der Waals surface area contributed by atoms with Crippen molar-refractivity contribution in [3.05, 3.63) is 0 Å². The van der Waals surface area contributed by atoms with Gasteiger partial charge >= 0.3 is 0 Å². The van der Waals surface area contributed by atoms with Crippen LogP contribution in [-0.4, -0.2) is 12.6 Å². The highest BCUT2D eigenvalue weighted by Gasteiger charge is 2.03. The fraction of sp³-hybridized carbons (Fsp3) is 1.00. The van der Waals surface area contributed by atoms with Crippen molar-refractivity contribution in [2.24, 2.45) is 17.4 Å².